The van der Waals surface area contributed by atoms with Gasteiger partial charge < -0.3 is 14.7 Å². The Morgan fingerprint density at radius 1 is 1.11 bits per heavy atom. The Balaban J connectivity index is 1.14. The molecule has 0 unspecified atom stereocenters. The van der Waals surface area contributed by atoms with Gasteiger partial charge in [-0.2, -0.15) is 10.4 Å². The van der Waals surface area contributed by atoms with Gasteiger partial charge in [-0.05, 0) is 36.1 Å². The van der Waals surface area contributed by atoms with Crippen LogP contribution in [0.1, 0.15) is 48.4 Å². The number of aromatic amines is 1. The molecule has 0 radical (unpaired) electrons. The number of carbonyl (C=O) groups excluding carboxylic acids is 1. The molecule has 0 saturated carbocycles. The second-order valence-electron chi connectivity index (χ2n) is 9.37. The zero-order chi connectivity index (χ0) is 25.8. The Bertz CT molecular complexity index is 1360. The largest absolute Gasteiger partial charge is 0.357 e. The van der Waals surface area contributed by atoms with Crippen LogP contribution >= 0.6 is 11.6 Å². The van der Waals surface area contributed by atoms with Crippen LogP contribution in [0.5, 0.6) is 0 Å². The van der Waals surface area contributed by atoms with E-state index in [1.807, 2.05) is 23.1 Å². The standard InChI is InChI=1S/C27H28ClN7O2/c28-26-23(17-31-32-27(26)37)35-18-20-5-1-2-6-21(20)22(35)7-3-4-8-25(36)34-13-11-33(12-14-34)24-10-9-19(15-29)16-30-24/h1-2,5-6,9-10,16-17,22H,3-4,7-8,11-14,18H2,(H,32,37)/t22-/m0/s1. The number of hydrogen-bond acceptors (Lipinski definition) is 7. The SMILES string of the molecule is N#Cc1ccc(N2CCN(C(=O)CCCC[C@H]3c4ccccc4CN3c3cn[nH]c(=O)c3Cl)CC2)nc1. The van der Waals surface area contributed by atoms with Gasteiger partial charge in [-0.3, -0.25) is 9.59 Å². The molecule has 5 rings (SSSR count). The molecule has 1 saturated heterocycles. The highest BCUT2D eigenvalue weighted by atomic mass is 35.5. The maximum atomic E-state index is 12.9. The molecule has 1 N–H and O–H groups in total. The summed E-state index contributed by atoms with van der Waals surface area (Å²) < 4.78 is 0. The zero-order valence-corrected chi connectivity index (χ0v) is 21.2. The van der Waals surface area contributed by atoms with Crippen molar-refractivity contribution in [1.82, 2.24) is 20.1 Å². The fraction of sp³-hybridized carbons (Fsp3) is 0.370. The highest BCUT2D eigenvalue weighted by molar-refractivity contribution is 6.33. The van der Waals surface area contributed by atoms with Crippen LogP contribution in [0.25, 0.3) is 0 Å². The molecular formula is C27H28ClN7O2. The third-order valence-corrected chi connectivity index (χ3v) is 7.53. The monoisotopic (exact) mass is 517 g/mol. The number of nitrogens with one attached hydrogen (secondary N) is 1. The quantitative estimate of drug-likeness (QED) is 0.476. The van der Waals surface area contributed by atoms with Gasteiger partial charge in [0.05, 0.1) is 23.5 Å². The van der Waals surface area contributed by atoms with Crippen molar-refractivity contribution in [3.63, 3.8) is 0 Å². The first-order valence-electron chi connectivity index (χ1n) is 12.5. The number of anilines is 2. The topological polar surface area (TPSA) is 109 Å². The summed E-state index contributed by atoms with van der Waals surface area (Å²) >= 11 is 6.34. The second-order valence-corrected chi connectivity index (χ2v) is 9.75. The van der Waals surface area contributed by atoms with Gasteiger partial charge in [0.25, 0.3) is 5.56 Å². The first kappa shape index (κ1) is 24.8. The van der Waals surface area contributed by atoms with E-state index in [0.717, 1.165) is 38.2 Å². The van der Waals surface area contributed by atoms with Gasteiger partial charge >= 0.3 is 0 Å². The maximum Gasteiger partial charge on any atom is 0.285 e. The molecule has 190 valence electrons. The number of halogens is 1. The smallest absolute Gasteiger partial charge is 0.285 e. The van der Waals surface area contributed by atoms with Crippen molar-refractivity contribution in [1.29, 1.82) is 5.26 Å². The van der Waals surface area contributed by atoms with Gasteiger partial charge in [0.15, 0.2) is 0 Å². The van der Waals surface area contributed by atoms with Gasteiger partial charge in [0.2, 0.25) is 5.91 Å². The average Bonchev–Trinajstić information content (AvgIpc) is 3.31. The van der Waals surface area contributed by atoms with Gasteiger partial charge in [-0.25, -0.2) is 10.1 Å². The molecule has 0 aliphatic carbocycles. The minimum absolute atomic E-state index is 0.0795. The molecule has 4 heterocycles. The number of H-pyrrole nitrogens is 1. The molecule has 2 aromatic heterocycles. The molecule has 2 aliphatic rings. The number of aromatic nitrogens is 3. The number of nitriles is 1. The number of fused-ring (bicyclic) bond motifs is 1. The summed E-state index contributed by atoms with van der Waals surface area (Å²) in [6, 6.07) is 14.1. The van der Waals surface area contributed by atoms with E-state index >= 15 is 0 Å². The lowest BCUT2D eigenvalue weighted by molar-refractivity contribution is -0.131. The van der Waals surface area contributed by atoms with Crippen LogP contribution in [0.2, 0.25) is 5.02 Å². The Hall–Kier alpha value is -3.90. The zero-order valence-electron chi connectivity index (χ0n) is 20.4. The second kappa shape index (κ2) is 11.0. The molecule has 2 aliphatic heterocycles. The predicted octanol–water partition coefficient (Wildman–Crippen LogP) is 3.66. The molecule has 9 nitrogen and oxygen atoms in total. The minimum Gasteiger partial charge on any atom is -0.357 e. The summed E-state index contributed by atoms with van der Waals surface area (Å²) in [7, 11) is 0. The van der Waals surface area contributed by atoms with E-state index in [1.54, 1.807) is 18.5 Å². The van der Waals surface area contributed by atoms with Crippen molar-refractivity contribution in [2.45, 2.75) is 38.3 Å². The first-order valence-corrected chi connectivity index (χ1v) is 12.9. The minimum atomic E-state index is -0.394. The van der Waals surface area contributed by atoms with Gasteiger partial charge in [-0.15, -0.1) is 0 Å². The third-order valence-electron chi connectivity index (χ3n) is 7.17. The molecule has 1 fully saturated rings. The molecule has 1 atom stereocenters. The summed E-state index contributed by atoms with van der Waals surface area (Å²) in [5.41, 5.74) is 3.23. The normalized spacial score (nSPS) is 17.0. The lowest BCUT2D eigenvalue weighted by Gasteiger charge is -2.35. The van der Waals surface area contributed by atoms with E-state index < -0.39 is 5.56 Å². The van der Waals surface area contributed by atoms with Crippen molar-refractivity contribution in [3.05, 3.63) is 80.9 Å². The maximum absolute atomic E-state index is 12.9. The van der Waals surface area contributed by atoms with Crippen molar-refractivity contribution >= 4 is 29.0 Å². The van der Waals surface area contributed by atoms with Crippen LogP contribution in [0, 0.1) is 11.3 Å². The van der Waals surface area contributed by atoms with Crippen LogP contribution in [0.4, 0.5) is 11.5 Å². The van der Waals surface area contributed by atoms with E-state index in [-0.39, 0.29) is 17.0 Å². The van der Waals surface area contributed by atoms with Crippen molar-refractivity contribution in [2.24, 2.45) is 0 Å². The van der Waals surface area contributed by atoms with Crippen molar-refractivity contribution in [2.75, 3.05) is 36.0 Å². The summed E-state index contributed by atoms with van der Waals surface area (Å²) in [5.74, 6) is 1.01. The Labute approximate surface area is 220 Å². The predicted molar refractivity (Wildman–Crippen MR) is 141 cm³/mol. The fourth-order valence-electron chi connectivity index (χ4n) is 5.20. The van der Waals surface area contributed by atoms with Crippen LogP contribution in [0.15, 0.2) is 53.6 Å². The van der Waals surface area contributed by atoms with E-state index in [0.29, 0.717) is 37.3 Å². The Morgan fingerprint density at radius 3 is 2.68 bits per heavy atom. The molecule has 1 aromatic carbocycles. The van der Waals surface area contributed by atoms with Gasteiger partial charge in [-0.1, -0.05) is 42.3 Å². The molecule has 0 spiro atoms. The van der Waals surface area contributed by atoms with Crippen LogP contribution in [-0.2, 0) is 11.3 Å². The van der Waals surface area contributed by atoms with E-state index in [2.05, 4.69) is 43.2 Å². The summed E-state index contributed by atoms with van der Waals surface area (Å²) in [6.45, 7) is 3.45. The number of piperazine rings is 1. The van der Waals surface area contributed by atoms with Crippen LogP contribution in [-0.4, -0.2) is 52.2 Å². The molecule has 0 bridgehead atoms. The fourth-order valence-corrected chi connectivity index (χ4v) is 5.40. The lowest BCUT2D eigenvalue weighted by Crippen LogP contribution is -2.49. The van der Waals surface area contributed by atoms with E-state index in [9.17, 15) is 9.59 Å². The van der Waals surface area contributed by atoms with Crippen molar-refractivity contribution < 1.29 is 4.79 Å². The Kier molecular flexibility index (Phi) is 7.37. The highest BCUT2D eigenvalue weighted by Gasteiger charge is 2.31. The number of unbranched alkanes of at least 4 members (excludes halogenated alkanes) is 1. The number of hydrogen-bond donors (Lipinski definition) is 1. The molecule has 3 aromatic rings. The number of amides is 1. The molecule has 1 amide bonds. The number of pyridine rings is 1. The van der Waals surface area contributed by atoms with E-state index in [1.165, 1.54) is 11.1 Å². The number of benzene rings is 1. The van der Waals surface area contributed by atoms with Crippen molar-refractivity contribution in [3.8, 4) is 6.07 Å². The molecule has 37 heavy (non-hydrogen) atoms. The molecule has 10 heteroatoms. The highest BCUT2D eigenvalue weighted by Crippen LogP contribution is 2.41. The van der Waals surface area contributed by atoms with Crippen LogP contribution < -0.4 is 15.4 Å². The van der Waals surface area contributed by atoms with Gasteiger partial charge in [0.1, 0.15) is 16.9 Å². The van der Waals surface area contributed by atoms with Crippen LogP contribution in [0.3, 0.4) is 0 Å². The number of carbonyl (C=O) groups is 1. The Morgan fingerprint density at radius 2 is 1.92 bits per heavy atom. The van der Waals surface area contributed by atoms with Gasteiger partial charge in [0, 0.05) is 45.3 Å². The average molecular weight is 518 g/mol. The van der Waals surface area contributed by atoms with E-state index in [4.69, 9.17) is 16.9 Å². The number of nitrogens with zero attached hydrogens (tertiary/aromatic N) is 6. The third kappa shape index (κ3) is 5.30. The first-order chi connectivity index (χ1) is 18.0. The molecular weight excluding hydrogens is 490 g/mol. The number of rotatable bonds is 7. The summed E-state index contributed by atoms with van der Waals surface area (Å²) in [4.78, 5) is 35.5. The lowest BCUT2D eigenvalue weighted by atomic mass is 9.99. The summed E-state index contributed by atoms with van der Waals surface area (Å²) in [6.07, 6.45) is 6.23. The summed E-state index contributed by atoms with van der Waals surface area (Å²) in [5, 5.41) is 15.4.